The monoisotopic (exact) mass is 608 g/mol. The normalized spacial score (nSPS) is 13.3. The first-order chi connectivity index (χ1) is 21.7. The summed E-state index contributed by atoms with van der Waals surface area (Å²) in [5.74, 6) is -0.109. The SMILES string of the molecule is COc1cc(C[C@H](Cc2cc(O)c3ccccc3c2)C(=O)C[C@@H](O)[C@@H](Cc2cc[n-]c2)Cc2ccc(O)c(OC)c2)ccc1O. The topological polar surface area (TPSA) is 131 Å². The van der Waals surface area contributed by atoms with Crippen molar-refractivity contribution in [2.75, 3.05) is 14.2 Å². The Labute approximate surface area is 262 Å². The Morgan fingerprint density at radius 2 is 1.33 bits per heavy atom. The number of hydrogen-bond donors (Lipinski definition) is 4. The van der Waals surface area contributed by atoms with E-state index in [0.717, 1.165) is 33.0 Å². The molecule has 0 unspecified atom stereocenters. The second-order valence-electron chi connectivity index (χ2n) is 11.5. The molecule has 0 spiro atoms. The van der Waals surface area contributed by atoms with Gasteiger partial charge in [-0.2, -0.15) is 12.4 Å². The smallest absolute Gasteiger partial charge is 0.160 e. The number of ketones is 1. The first kappa shape index (κ1) is 31.5. The summed E-state index contributed by atoms with van der Waals surface area (Å²) in [6.07, 6.45) is 4.08. The van der Waals surface area contributed by atoms with Crippen molar-refractivity contribution in [1.29, 1.82) is 0 Å². The van der Waals surface area contributed by atoms with Crippen molar-refractivity contribution in [1.82, 2.24) is 4.98 Å². The molecule has 8 heteroatoms. The highest BCUT2D eigenvalue weighted by atomic mass is 16.5. The van der Waals surface area contributed by atoms with Gasteiger partial charge < -0.3 is 34.9 Å². The quantitative estimate of drug-likeness (QED) is 0.125. The maximum absolute atomic E-state index is 14.1. The lowest BCUT2D eigenvalue weighted by Crippen LogP contribution is -2.31. The van der Waals surface area contributed by atoms with E-state index < -0.39 is 12.0 Å². The van der Waals surface area contributed by atoms with Crippen LogP contribution in [0.25, 0.3) is 10.8 Å². The van der Waals surface area contributed by atoms with E-state index in [-0.39, 0.29) is 35.4 Å². The first-order valence-corrected chi connectivity index (χ1v) is 14.9. The summed E-state index contributed by atoms with van der Waals surface area (Å²) in [6.45, 7) is 0. The van der Waals surface area contributed by atoms with E-state index in [1.165, 1.54) is 14.2 Å². The average molecular weight is 609 g/mol. The third-order valence-corrected chi connectivity index (χ3v) is 8.37. The molecule has 4 aromatic carbocycles. The van der Waals surface area contributed by atoms with Crippen LogP contribution in [-0.4, -0.2) is 46.5 Å². The van der Waals surface area contributed by atoms with Gasteiger partial charge in [-0.15, -0.1) is 0 Å². The maximum atomic E-state index is 14.1. The molecule has 8 nitrogen and oxygen atoms in total. The van der Waals surface area contributed by atoms with Gasteiger partial charge in [-0.05, 0) is 84.0 Å². The van der Waals surface area contributed by atoms with Gasteiger partial charge in [0.15, 0.2) is 23.0 Å². The van der Waals surface area contributed by atoms with Gasteiger partial charge >= 0.3 is 0 Å². The molecule has 0 fully saturated rings. The van der Waals surface area contributed by atoms with Crippen molar-refractivity contribution in [2.45, 2.75) is 38.2 Å². The lowest BCUT2D eigenvalue weighted by Gasteiger charge is -2.25. The number of fused-ring (bicyclic) bond motifs is 1. The molecule has 234 valence electrons. The second-order valence-corrected chi connectivity index (χ2v) is 11.5. The predicted molar refractivity (Wildman–Crippen MR) is 172 cm³/mol. The molecular weight excluding hydrogens is 570 g/mol. The van der Waals surface area contributed by atoms with Gasteiger partial charge in [-0.25, -0.2) is 0 Å². The Kier molecular flexibility index (Phi) is 9.95. The summed E-state index contributed by atoms with van der Waals surface area (Å²) in [5.41, 5.74) is 3.43. The number of phenols is 3. The number of hydrogen-bond acceptors (Lipinski definition) is 7. The van der Waals surface area contributed by atoms with E-state index in [4.69, 9.17) is 9.47 Å². The molecule has 0 bridgehead atoms. The number of carbonyl (C=O) groups is 1. The van der Waals surface area contributed by atoms with Crippen LogP contribution in [0, 0.1) is 11.8 Å². The Morgan fingerprint density at radius 3 is 1.98 bits per heavy atom. The molecule has 4 N–H and O–H groups in total. The largest absolute Gasteiger partial charge is 0.670 e. The second kappa shape index (κ2) is 14.2. The number of Topliss-reactive ketones (excluding diaryl/α,β-unsaturated/α-hetero) is 1. The zero-order valence-corrected chi connectivity index (χ0v) is 25.4. The van der Waals surface area contributed by atoms with Gasteiger partial charge in [0, 0.05) is 17.7 Å². The Balaban J connectivity index is 1.42. The molecule has 0 aliphatic rings. The minimum Gasteiger partial charge on any atom is -0.670 e. The number of nitrogens with zero attached hydrogens (tertiary/aromatic N) is 1. The van der Waals surface area contributed by atoms with E-state index in [0.29, 0.717) is 37.2 Å². The predicted octanol–water partition coefficient (Wildman–Crippen LogP) is 5.75. The molecule has 1 aromatic heterocycles. The third-order valence-electron chi connectivity index (χ3n) is 8.37. The van der Waals surface area contributed by atoms with E-state index in [9.17, 15) is 25.2 Å². The van der Waals surface area contributed by atoms with Gasteiger partial charge in [-0.1, -0.05) is 54.1 Å². The highest BCUT2D eigenvalue weighted by Crippen LogP contribution is 2.33. The van der Waals surface area contributed by atoms with Crippen molar-refractivity contribution < 1.29 is 34.7 Å². The molecule has 45 heavy (non-hydrogen) atoms. The van der Waals surface area contributed by atoms with Crippen molar-refractivity contribution >= 4 is 16.6 Å². The Morgan fingerprint density at radius 1 is 0.711 bits per heavy atom. The van der Waals surface area contributed by atoms with Gasteiger partial charge in [0.25, 0.3) is 0 Å². The fraction of sp³-hybridized carbons (Fsp3) is 0.270. The number of aromatic hydroxyl groups is 3. The summed E-state index contributed by atoms with van der Waals surface area (Å²) in [7, 11) is 2.96. The summed E-state index contributed by atoms with van der Waals surface area (Å²) in [6, 6.07) is 23.2. The van der Waals surface area contributed by atoms with Crippen LogP contribution in [0.2, 0.25) is 0 Å². The highest BCUT2D eigenvalue weighted by molar-refractivity contribution is 5.89. The number of aliphatic hydroxyl groups is 1. The van der Waals surface area contributed by atoms with Crippen molar-refractivity contribution in [3.05, 3.63) is 114 Å². The maximum Gasteiger partial charge on any atom is 0.160 e. The molecule has 3 atom stereocenters. The lowest BCUT2D eigenvalue weighted by atomic mass is 9.82. The molecule has 1 heterocycles. The molecule has 0 saturated carbocycles. The van der Waals surface area contributed by atoms with Crippen LogP contribution in [0.1, 0.15) is 28.7 Å². The van der Waals surface area contributed by atoms with Gasteiger partial charge in [0.2, 0.25) is 0 Å². The molecule has 5 rings (SSSR count). The van der Waals surface area contributed by atoms with Crippen molar-refractivity contribution in [2.24, 2.45) is 11.8 Å². The van der Waals surface area contributed by atoms with Crippen LogP contribution in [0.15, 0.2) is 91.3 Å². The molecule has 0 radical (unpaired) electrons. The van der Waals surface area contributed by atoms with E-state index in [2.05, 4.69) is 4.98 Å². The van der Waals surface area contributed by atoms with Crippen LogP contribution in [0.5, 0.6) is 28.7 Å². The molecular formula is C37H38NO7-. The number of aromatic nitrogens is 1. The van der Waals surface area contributed by atoms with E-state index in [1.807, 2.05) is 36.4 Å². The molecule has 5 aromatic rings. The van der Waals surface area contributed by atoms with Crippen molar-refractivity contribution in [3.63, 3.8) is 0 Å². The van der Waals surface area contributed by atoms with Gasteiger partial charge in [0.05, 0.1) is 20.3 Å². The summed E-state index contributed by atoms with van der Waals surface area (Å²) in [4.78, 5) is 18.2. The molecule has 0 aliphatic heterocycles. The number of phenolic OH excluding ortho intramolecular Hbond substituents is 3. The number of rotatable bonds is 14. The minimum absolute atomic E-state index is 0.00899. The first-order valence-electron chi connectivity index (χ1n) is 14.9. The standard InChI is InChI=1S/C37H38NO7/c1-44-36-19-23(7-9-31(36)39)13-28(15-25-11-12-38-22-25)33(41)21-34(42)29(14-24-8-10-32(40)37(20-24)45-2)17-26-16-27-5-3-4-6-30(27)35(43)18-26/h3-12,16,18-20,22,28-29,33,39-41,43H,13-15,17,21H2,1-2H3/q-1/t28-,29-,33-/m1/s1. The van der Waals surface area contributed by atoms with Gasteiger partial charge in [-0.3, -0.25) is 4.79 Å². The minimum atomic E-state index is -0.964. The average Bonchev–Trinajstić information content (AvgIpc) is 3.55. The molecule has 0 amide bonds. The summed E-state index contributed by atoms with van der Waals surface area (Å²) < 4.78 is 10.6. The zero-order valence-electron chi connectivity index (χ0n) is 25.4. The fourth-order valence-corrected chi connectivity index (χ4v) is 5.97. The Hall–Kier alpha value is -4.95. The van der Waals surface area contributed by atoms with Crippen LogP contribution in [0.4, 0.5) is 0 Å². The number of aliphatic hydroxyl groups excluding tert-OH is 1. The number of carbonyl (C=O) groups excluding carboxylic acids is 1. The van der Waals surface area contributed by atoms with Gasteiger partial charge in [0.1, 0.15) is 11.5 Å². The van der Waals surface area contributed by atoms with Crippen LogP contribution >= 0.6 is 0 Å². The lowest BCUT2D eigenvalue weighted by molar-refractivity contribution is -0.125. The van der Waals surface area contributed by atoms with E-state index >= 15 is 0 Å². The zero-order chi connectivity index (χ0) is 31.9. The number of benzene rings is 4. The number of ether oxygens (including phenoxy) is 2. The third kappa shape index (κ3) is 7.77. The summed E-state index contributed by atoms with van der Waals surface area (Å²) in [5, 5.41) is 44.1. The fourth-order valence-electron chi connectivity index (χ4n) is 5.97. The molecule has 0 aliphatic carbocycles. The van der Waals surface area contributed by atoms with Crippen LogP contribution < -0.4 is 14.5 Å². The number of methoxy groups -OCH3 is 2. The van der Waals surface area contributed by atoms with Crippen molar-refractivity contribution in [3.8, 4) is 28.7 Å². The van der Waals surface area contributed by atoms with E-state index in [1.54, 1.807) is 54.9 Å². The Bertz CT molecular complexity index is 1750. The highest BCUT2D eigenvalue weighted by Gasteiger charge is 2.28. The van der Waals surface area contributed by atoms with Crippen LogP contribution in [-0.2, 0) is 30.5 Å². The summed E-state index contributed by atoms with van der Waals surface area (Å²) >= 11 is 0. The molecule has 0 saturated heterocycles. The van der Waals surface area contributed by atoms with Crippen LogP contribution in [0.3, 0.4) is 0 Å².